The number of aryl methyl sites for hydroxylation is 3. The van der Waals surface area contributed by atoms with E-state index < -0.39 is 0 Å². The van der Waals surface area contributed by atoms with Gasteiger partial charge in [-0.05, 0) is 92.3 Å². The van der Waals surface area contributed by atoms with Crippen molar-refractivity contribution in [2.45, 2.75) is 63.8 Å². The van der Waals surface area contributed by atoms with E-state index in [0.717, 1.165) is 70.4 Å². The van der Waals surface area contributed by atoms with Crippen molar-refractivity contribution < 1.29 is 23.7 Å². The average molecular weight is 819 g/mol. The lowest BCUT2D eigenvalue weighted by Gasteiger charge is -2.41. The Morgan fingerprint density at radius 1 is 1.05 bits per heavy atom. The smallest absolute Gasteiger partial charge is 0.274 e. The van der Waals surface area contributed by atoms with Gasteiger partial charge in [0.15, 0.2) is 0 Å². The second kappa shape index (κ2) is 20.8. The Morgan fingerprint density at radius 3 is 2.57 bits per heavy atom. The second-order valence-electron chi connectivity index (χ2n) is 15.8. The Morgan fingerprint density at radius 2 is 1.85 bits per heavy atom. The van der Waals surface area contributed by atoms with Crippen LogP contribution < -0.4 is 16.4 Å². The number of hydrogen-bond donors (Lipinski definition) is 4. The van der Waals surface area contributed by atoms with Crippen molar-refractivity contribution in [2.75, 3.05) is 71.3 Å². The third kappa shape index (κ3) is 11.9. The Balaban J connectivity index is 0.730. The van der Waals surface area contributed by atoms with E-state index in [2.05, 4.69) is 62.9 Å². The number of anilines is 1. The van der Waals surface area contributed by atoms with Crippen LogP contribution in [0.2, 0.25) is 0 Å². The van der Waals surface area contributed by atoms with Crippen LogP contribution in [0.25, 0.3) is 6.08 Å². The molecule has 7 rings (SSSR count). The first-order chi connectivity index (χ1) is 29.2. The molecule has 0 atom stereocenters. The van der Waals surface area contributed by atoms with Gasteiger partial charge in [0.2, 0.25) is 0 Å². The third-order valence-electron chi connectivity index (χ3n) is 10.9. The van der Waals surface area contributed by atoms with Crippen LogP contribution in [-0.4, -0.2) is 108 Å². The Kier molecular flexibility index (Phi) is 14.8. The summed E-state index contributed by atoms with van der Waals surface area (Å²) in [6.45, 7) is 10.2. The largest absolute Gasteiger partial charge is 0.387 e. The van der Waals surface area contributed by atoms with Crippen LogP contribution >= 0.6 is 0 Å². The van der Waals surface area contributed by atoms with Crippen LogP contribution in [0.3, 0.4) is 0 Å². The van der Waals surface area contributed by atoms with E-state index in [1.165, 1.54) is 5.56 Å². The van der Waals surface area contributed by atoms with E-state index in [9.17, 15) is 4.79 Å². The molecule has 2 aliphatic heterocycles. The molecule has 60 heavy (non-hydrogen) atoms. The number of ether oxygens (including phenoxy) is 4. The van der Waals surface area contributed by atoms with E-state index in [4.69, 9.17) is 34.7 Å². The highest BCUT2D eigenvalue weighted by Crippen LogP contribution is 2.41. The molecule has 2 fully saturated rings. The number of aliphatic imine (C=N–C) groups is 2. The summed E-state index contributed by atoms with van der Waals surface area (Å²) in [4.78, 5) is 30.7. The van der Waals surface area contributed by atoms with Crippen molar-refractivity contribution in [3.8, 4) is 0 Å². The fourth-order valence-corrected chi connectivity index (χ4v) is 7.29. The molecule has 1 amide bonds. The van der Waals surface area contributed by atoms with Gasteiger partial charge in [-0.25, -0.2) is 4.98 Å². The number of nitrogens with two attached hydrogens (primary N) is 1. The van der Waals surface area contributed by atoms with E-state index in [1.807, 2.05) is 54.1 Å². The lowest BCUT2D eigenvalue weighted by Crippen LogP contribution is -2.49. The number of aromatic amines is 1. The van der Waals surface area contributed by atoms with Gasteiger partial charge in [0.1, 0.15) is 17.8 Å². The molecule has 5 N–H and O–H groups in total. The third-order valence-corrected chi connectivity index (χ3v) is 10.9. The topological polar surface area (TPSA) is 188 Å². The molecule has 3 aliphatic rings. The lowest BCUT2D eigenvalue weighted by atomic mass is 9.75. The van der Waals surface area contributed by atoms with Gasteiger partial charge in [0.05, 0.1) is 70.9 Å². The summed E-state index contributed by atoms with van der Waals surface area (Å²) >= 11 is 0. The van der Waals surface area contributed by atoms with Crippen LogP contribution in [0.15, 0.2) is 76.6 Å². The molecule has 15 nitrogen and oxygen atoms in total. The summed E-state index contributed by atoms with van der Waals surface area (Å²) in [5.41, 5.74) is 15.7. The van der Waals surface area contributed by atoms with Crippen molar-refractivity contribution >= 4 is 29.2 Å². The highest BCUT2D eigenvalue weighted by atomic mass is 16.5. The molecule has 1 aliphatic carbocycles. The highest BCUT2D eigenvalue weighted by molar-refractivity contribution is 6.03. The maximum atomic E-state index is 13.4. The molecule has 0 radical (unpaired) electrons. The van der Waals surface area contributed by atoms with E-state index in [0.29, 0.717) is 103 Å². The first-order valence-corrected chi connectivity index (χ1v) is 20.9. The van der Waals surface area contributed by atoms with Gasteiger partial charge in [0.25, 0.3) is 5.91 Å². The molecular formula is C45H58N10O5. The number of allylic oxidation sites excluding steroid dienone is 2. The van der Waals surface area contributed by atoms with Crippen LogP contribution in [-0.2, 0) is 44.4 Å². The Hall–Kier alpha value is -5.32. The zero-order chi connectivity index (χ0) is 41.7. The Labute approximate surface area is 352 Å². The maximum Gasteiger partial charge on any atom is 0.274 e. The number of H-pyrrole nitrogens is 1. The lowest BCUT2D eigenvalue weighted by molar-refractivity contribution is -0.0610. The van der Waals surface area contributed by atoms with Crippen LogP contribution in [0.1, 0.15) is 81.7 Å². The summed E-state index contributed by atoms with van der Waals surface area (Å²) in [6.07, 6.45) is 12.1. The molecule has 0 bridgehead atoms. The molecule has 5 heterocycles. The minimum Gasteiger partial charge on any atom is -0.387 e. The summed E-state index contributed by atoms with van der Waals surface area (Å²) in [5, 5.41) is 14.8. The predicted molar refractivity (Wildman–Crippen MR) is 233 cm³/mol. The number of rotatable bonds is 24. The molecule has 4 aromatic rings. The van der Waals surface area contributed by atoms with Gasteiger partial charge in [-0.3, -0.25) is 14.8 Å². The van der Waals surface area contributed by atoms with E-state index >= 15 is 0 Å². The molecule has 3 aromatic heterocycles. The Bertz CT molecular complexity index is 2200. The minimum absolute atomic E-state index is 0.202. The quantitative estimate of drug-likeness (QED) is 0.0420. The van der Waals surface area contributed by atoms with Gasteiger partial charge in [0, 0.05) is 72.8 Å². The first-order valence-electron chi connectivity index (χ1n) is 20.9. The standard InChI is InChI=1S/C45H58N10O5/c1-31-23-32(2)50-40(31)25-38-11-10-36(51-38)12-14-41(46)48-16-18-58-20-22-59-21-19-57-17-15-47-27-34-9-13-39(53-43(34)33-7-8-33)44(56)52-37-6-4-5-35(24-37)45(28-60-29-45)26-42-54-49-30-55(42)3/h4-6,9-11,13,23-25,30,33,47,50H,7-8,12,14-22,26-29H2,1-3H3,(H2,46,48)(H,52,56). The fourth-order valence-electron chi connectivity index (χ4n) is 7.29. The second-order valence-corrected chi connectivity index (χ2v) is 15.8. The molecule has 1 saturated heterocycles. The zero-order valence-electron chi connectivity index (χ0n) is 35.0. The van der Waals surface area contributed by atoms with E-state index in [1.54, 1.807) is 6.33 Å². The number of aromatic nitrogens is 5. The molecule has 0 unspecified atom stereocenters. The zero-order valence-corrected chi connectivity index (χ0v) is 35.0. The van der Waals surface area contributed by atoms with Crippen molar-refractivity contribution in [2.24, 2.45) is 22.8 Å². The van der Waals surface area contributed by atoms with Gasteiger partial charge < -0.3 is 44.9 Å². The normalized spacial score (nSPS) is 16.7. The summed E-state index contributed by atoms with van der Waals surface area (Å²) in [7, 11) is 1.95. The van der Waals surface area contributed by atoms with Crippen LogP contribution in [0, 0.1) is 13.8 Å². The van der Waals surface area contributed by atoms with Gasteiger partial charge >= 0.3 is 0 Å². The summed E-state index contributed by atoms with van der Waals surface area (Å²) in [5.74, 6) is 1.67. The van der Waals surface area contributed by atoms with Crippen molar-refractivity contribution in [3.63, 3.8) is 0 Å². The summed E-state index contributed by atoms with van der Waals surface area (Å²) in [6, 6.07) is 13.9. The molecule has 318 valence electrons. The predicted octanol–water partition coefficient (Wildman–Crippen LogP) is 5.12. The average Bonchev–Trinajstić information content (AvgIpc) is 3.71. The number of benzene rings is 1. The summed E-state index contributed by atoms with van der Waals surface area (Å²) < 4.78 is 24.6. The number of pyridine rings is 1. The van der Waals surface area contributed by atoms with Crippen molar-refractivity contribution in [3.05, 3.63) is 112 Å². The maximum absolute atomic E-state index is 13.4. The number of carbonyl (C=O) groups is 1. The SMILES string of the molecule is Cc1cc(C)c(C=C2C=CC(CCC(N)=NCCOCCOCCOCCNCc3ccc(C(=O)Nc4cccc(C5(Cc6nncn6C)COC5)c4)nc3C3CC3)=N2)[nH]1. The number of hydrogen-bond acceptors (Lipinski definition) is 11. The number of amidine groups is 1. The van der Waals surface area contributed by atoms with Gasteiger partial charge in [-0.15, -0.1) is 10.2 Å². The number of carbonyl (C=O) groups excluding carboxylic acids is 1. The highest BCUT2D eigenvalue weighted by Gasteiger charge is 2.42. The van der Waals surface area contributed by atoms with Crippen LogP contribution in [0.4, 0.5) is 5.69 Å². The molecule has 1 saturated carbocycles. The fraction of sp³-hybridized carbons (Fsp3) is 0.467. The van der Waals surface area contributed by atoms with Crippen molar-refractivity contribution in [1.29, 1.82) is 0 Å². The first kappa shape index (κ1) is 42.8. The van der Waals surface area contributed by atoms with Gasteiger partial charge in [-0.2, -0.15) is 0 Å². The van der Waals surface area contributed by atoms with E-state index in [-0.39, 0.29) is 11.3 Å². The van der Waals surface area contributed by atoms with Crippen LogP contribution in [0.5, 0.6) is 0 Å². The molecule has 0 spiro atoms. The number of nitrogens with zero attached hydrogens (tertiary/aromatic N) is 6. The molecular weight excluding hydrogens is 761 g/mol. The van der Waals surface area contributed by atoms with Gasteiger partial charge in [-0.1, -0.05) is 18.2 Å². The monoisotopic (exact) mass is 818 g/mol. The molecule has 15 heteroatoms. The number of nitrogens with one attached hydrogen (secondary N) is 3. The molecule has 1 aromatic carbocycles. The number of amides is 1. The van der Waals surface area contributed by atoms with Crippen molar-refractivity contribution in [1.82, 2.24) is 30.0 Å². The minimum atomic E-state index is -0.223.